The van der Waals surface area contributed by atoms with E-state index in [1.165, 1.54) is 5.56 Å². The number of hydrogen-bond donors (Lipinski definition) is 1. The molecule has 0 amide bonds. The molecule has 1 N–H and O–H groups in total. The molecule has 118 valence electrons. The Morgan fingerprint density at radius 2 is 1.77 bits per heavy atom. The van der Waals surface area contributed by atoms with Crippen molar-refractivity contribution in [3.8, 4) is 11.5 Å². The molecule has 0 aliphatic rings. The summed E-state index contributed by atoms with van der Waals surface area (Å²) >= 11 is 0. The fraction of sp³-hybridized carbons (Fsp3) is 0.368. The van der Waals surface area contributed by atoms with Crippen molar-refractivity contribution >= 4 is 0 Å². The molecule has 3 nitrogen and oxygen atoms in total. The minimum absolute atomic E-state index is 0.451. The zero-order valence-corrected chi connectivity index (χ0v) is 13.6. The molecule has 0 aromatic heterocycles. The van der Waals surface area contributed by atoms with Crippen LogP contribution in [-0.2, 0) is 13.0 Å². The maximum absolute atomic E-state index is 5.43. The summed E-state index contributed by atoms with van der Waals surface area (Å²) in [7, 11) is 3.36. The van der Waals surface area contributed by atoms with Gasteiger partial charge in [-0.3, -0.25) is 0 Å². The predicted molar refractivity (Wildman–Crippen MR) is 90.6 cm³/mol. The average Bonchev–Trinajstić information content (AvgIpc) is 2.58. The number of aryl methyl sites for hydroxylation is 1. The molecule has 22 heavy (non-hydrogen) atoms. The summed E-state index contributed by atoms with van der Waals surface area (Å²) < 4.78 is 10.7. The van der Waals surface area contributed by atoms with Crippen molar-refractivity contribution in [2.24, 2.45) is 0 Å². The summed E-state index contributed by atoms with van der Waals surface area (Å²) in [6, 6.07) is 17.0. The fourth-order valence-electron chi connectivity index (χ4n) is 2.41. The van der Waals surface area contributed by atoms with E-state index in [2.05, 4.69) is 48.6 Å². The number of ether oxygens (including phenoxy) is 2. The van der Waals surface area contributed by atoms with Gasteiger partial charge in [0.2, 0.25) is 0 Å². The van der Waals surface area contributed by atoms with Crippen LogP contribution in [0.3, 0.4) is 0 Å². The van der Waals surface area contributed by atoms with Gasteiger partial charge in [0.05, 0.1) is 14.2 Å². The van der Waals surface area contributed by atoms with Gasteiger partial charge in [-0.2, -0.15) is 0 Å². The van der Waals surface area contributed by atoms with Gasteiger partial charge in [-0.1, -0.05) is 36.4 Å². The van der Waals surface area contributed by atoms with E-state index in [4.69, 9.17) is 9.47 Å². The number of hydrogen-bond acceptors (Lipinski definition) is 3. The molecule has 3 heteroatoms. The first-order valence-corrected chi connectivity index (χ1v) is 7.71. The van der Waals surface area contributed by atoms with Crippen LogP contribution < -0.4 is 14.8 Å². The van der Waals surface area contributed by atoms with Crippen LogP contribution in [0.5, 0.6) is 11.5 Å². The molecule has 2 aromatic carbocycles. The second kappa shape index (κ2) is 8.44. The van der Waals surface area contributed by atoms with Crippen LogP contribution >= 0.6 is 0 Å². The van der Waals surface area contributed by atoms with Crippen LogP contribution in [0, 0.1) is 0 Å². The van der Waals surface area contributed by atoms with Crippen LogP contribution in [-0.4, -0.2) is 20.3 Å². The van der Waals surface area contributed by atoms with E-state index in [1.54, 1.807) is 14.2 Å². The smallest absolute Gasteiger partial charge is 0.127 e. The van der Waals surface area contributed by atoms with Gasteiger partial charge in [0, 0.05) is 24.2 Å². The van der Waals surface area contributed by atoms with Crippen LogP contribution in [0.2, 0.25) is 0 Å². The second-order valence-electron chi connectivity index (χ2n) is 5.48. The minimum Gasteiger partial charge on any atom is -0.497 e. The summed E-state index contributed by atoms with van der Waals surface area (Å²) in [5.41, 5.74) is 2.54. The molecule has 0 fully saturated rings. The molecule has 1 unspecified atom stereocenters. The Labute approximate surface area is 133 Å². The lowest BCUT2D eigenvalue weighted by Crippen LogP contribution is -2.26. The Kier molecular flexibility index (Phi) is 6.28. The maximum Gasteiger partial charge on any atom is 0.127 e. The largest absolute Gasteiger partial charge is 0.497 e. The van der Waals surface area contributed by atoms with Gasteiger partial charge in [0.25, 0.3) is 0 Å². The standard InChI is InChI=1S/C19H25NO2/c1-15(9-10-16-7-5-4-6-8-16)20-14-17-11-12-18(21-2)13-19(17)22-3/h4-8,11-13,15,20H,9-10,14H2,1-3H3. The monoisotopic (exact) mass is 299 g/mol. The molecule has 0 aliphatic carbocycles. The van der Waals surface area contributed by atoms with E-state index in [0.29, 0.717) is 6.04 Å². The minimum atomic E-state index is 0.451. The van der Waals surface area contributed by atoms with E-state index in [-0.39, 0.29) is 0 Å². The van der Waals surface area contributed by atoms with Gasteiger partial charge in [-0.25, -0.2) is 0 Å². The molecule has 0 aliphatic heterocycles. The first-order valence-electron chi connectivity index (χ1n) is 7.71. The molecule has 0 radical (unpaired) electrons. The predicted octanol–water partition coefficient (Wildman–Crippen LogP) is 3.81. The second-order valence-corrected chi connectivity index (χ2v) is 5.48. The lowest BCUT2D eigenvalue weighted by atomic mass is 10.1. The third-order valence-corrected chi connectivity index (χ3v) is 3.84. The zero-order valence-electron chi connectivity index (χ0n) is 13.6. The SMILES string of the molecule is COc1ccc(CNC(C)CCc2ccccc2)c(OC)c1. The third-order valence-electron chi connectivity index (χ3n) is 3.84. The van der Waals surface area contributed by atoms with E-state index < -0.39 is 0 Å². The Morgan fingerprint density at radius 1 is 1.00 bits per heavy atom. The van der Waals surface area contributed by atoms with Crippen molar-refractivity contribution in [1.29, 1.82) is 0 Å². The molecular weight excluding hydrogens is 274 g/mol. The molecule has 0 spiro atoms. The number of benzene rings is 2. The first kappa shape index (κ1) is 16.4. The molecule has 0 heterocycles. The Hall–Kier alpha value is -2.00. The van der Waals surface area contributed by atoms with Gasteiger partial charge in [-0.15, -0.1) is 0 Å². The van der Waals surface area contributed by atoms with Crippen molar-refractivity contribution in [3.63, 3.8) is 0 Å². The van der Waals surface area contributed by atoms with E-state index in [9.17, 15) is 0 Å². The highest BCUT2D eigenvalue weighted by atomic mass is 16.5. The molecule has 2 rings (SSSR count). The summed E-state index contributed by atoms with van der Waals surface area (Å²) in [6.07, 6.45) is 2.21. The normalized spacial score (nSPS) is 12.0. The van der Waals surface area contributed by atoms with Crippen molar-refractivity contribution in [1.82, 2.24) is 5.32 Å². The Morgan fingerprint density at radius 3 is 2.45 bits per heavy atom. The van der Waals surface area contributed by atoms with E-state index in [1.807, 2.05) is 12.1 Å². The van der Waals surface area contributed by atoms with Crippen molar-refractivity contribution in [3.05, 3.63) is 59.7 Å². The van der Waals surface area contributed by atoms with Crippen molar-refractivity contribution in [2.75, 3.05) is 14.2 Å². The number of nitrogens with one attached hydrogen (secondary N) is 1. The molecular formula is C19H25NO2. The van der Waals surface area contributed by atoms with Gasteiger partial charge in [-0.05, 0) is 31.4 Å². The molecule has 0 saturated carbocycles. The van der Waals surface area contributed by atoms with Crippen LogP contribution in [0.25, 0.3) is 0 Å². The topological polar surface area (TPSA) is 30.5 Å². The number of methoxy groups -OCH3 is 2. The lowest BCUT2D eigenvalue weighted by molar-refractivity contribution is 0.388. The highest BCUT2D eigenvalue weighted by Crippen LogP contribution is 2.24. The highest BCUT2D eigenvalue weighted by Gasteiger charge is 2.07. The summed E-state index contributed by atoms with van der Waals surface area (Å²) in [5, 5.41) is 3.56. The van der Waals surface area contributed by atoms with Crippen molar-refractivity contribution in [2.45, 2.75) is 32.4 Å². The van der Waals surface area contributed by atoms with Gasteiger partial charge in [0.15, 0.2) is 0 Å². The maximum atomic E-state index is 5.43. The van der Waals surface area contributed by atoms with Gasteiger partial charge < -0.3 is 14.8 Å². The summed E-state index contributed by atoms with van der Waals surface area (Å²) in [5.74, 6) is 1.68. The van der Waals surface area contributed by atoms with Crippen molar-refractivity contribution < 1.29 is 9.47 Å². The fourth-order valence-corrected chi connectivity index (χ4v) is 2.41. The molecule has 2 aromatic rings. The third kappa shape index (κ3) is 4.78. The quantitative estimate of drug-likeness (QED) is 0.804. The number of rotatable bonds is 8. The molecule has 0 bridgehead atoms. The van der Waals surface area contributed by atoms with Crippen LogP contribution in [0.4, 0.5) is 0 Å². The van der Waals surface area contributed by atoms with E-state index in [0.717, 1.165) is 36.4 Å². The van der Waals surface area contributed by atoms with Gasteiger partial charge in [0.1, 0.15) is 11.5 Å². The lowest BCUT2D eigenvalue weighted by Gasteiger charge is -2.16. The Balaban J connectivity index is 1.84. The van der Waals surface area contributed by atoms with Crippen LogP contribution in [0.1, 0.15) is 24.5 Å². The highest BCUT2D eigenvalue weighted by molar-refractivity contribution is 5.40. The van der Waals surface area contributed by atoms with Crippen LogP contribution in [0.15, 0.2) is 48.5 Å². The summed E-state index contributed by atoms with van der Waals surface area (Å²) in [4.78, 5) is 0. The summed E-state index contributed by atoms with van der Waals surface area (Å²) in [6.45, 7) is 3.02. The molecule has 1 atom stereocenters. The van der Waals surface area contributed by atoms with Gasteiger partial charge >= 0.3 is 0 Å². The van der Waals surface area contributed by atoms with E-state index >= 15 is 0 Å². The first-order chi connectivity index (χ1) is 10.7. The Bertz CT molecular complexity index is 569. The zero-order chi connectivity index (χ0) is 15.8. The average molecular weight is 299 g/mol. The molecule has 0 saturated heterocycles.